The van der Waals surface area contributed by atoms with Crippen LogP contribution < -0.4 is 5.32 Å². The van der Waals surface area contributed by atoms with Crippen LogP contribution in [0.4, 0.5) is 0 Å². The van der Waals surface area contributed by atoms with Gasteiger partial charge in [0.1, 0.15) is 0 Å². The summed E-state index contributed by atoms with van der Waals surface area (Å²) in [6.07, 6.45) is 2.92. The van der Waals surface area contributed by atoms with E-state index in [1.807, 2.05) is 6.08 Å². The lowest BCUT2D eigenvalue weighted by Gasteiger charge is -2.21. The van der Waals surface area contributed by atoms with Crippen LogP contribution in [0, 0.1) is 0 Å². The van der Waals surface area contributed by atoms with Gasteiger partial charge in [0.15, 0.2) is 0 Å². The van der Waals surface area contributed by atoms with Crippen LogP contribution in [0.25, 0.3) is 0 Å². The quantitative estimate of drug-likeness (QED) is 0.686. The van der Waals surface area contributed by atoms with Crippen LogP contribution in [0.2, 0.25) is 0 Å². The molecule has 3 heteroatoms. The fraction of sp³-hybridized carbons (Fsp3) is 0.556. The maximum Gasteiger partial charge on any atom is 0.0558 e. The molecule has 3 nitrogen and oxygen atoms in total. The van der Waals surface area contributed by atoms with Gasteiger partial charge in [-0.1, -0.05) is 30.3 Å². The normalized spacial score (nSPS) is 11.9. The van der Waals surface area contributed by atoms with Crippen LogP contribution in [0.5, 0.6) is 0 Å². The Hall–Kier alpha value is -1.16. The number of aliphatic hydroxyl groups is 1. The summed E-state index contributed by atoms with van der Waals surface area (Å²) in [7, 11) is 0. The van der Waals surface area contributed by atoms with Crippen molar-refractivity contribution in [2.45, 2.75) is 39.3 Å². The van der Waals surface area contributed by atoms with Crippen molar-refractivity contribution in [2.75, 3.05) is 26.2 Å². The van der Waals surface area contributed by atoms with Crippen molar-refractivity contribution in [3.05, 3.63) is 48.0 Å². The van der Waals surface area contributed by atoms with Crippen molar-refractivity contribution in [2.24, 2.45) is 0 Å². The molecule has 1 aromatic rings. The first kappa shape index (κ1) is 17.9. The van der Waals surface area contributed by atoms with E-state index in [0.717, 1.165) is 26.1 Å². The van der Waals surface area contributed by atoms with Crippen molar-refractivity contribution in [1.29, 1.82) is 0 Å². The number of aliphatic hydroxyl groups excluding tert-OH is 1. The van der Waals surface area contributed by atoms with E-state index < -0.39 is 0 Å². The summed E-state index contributed by atoms with van der Waals surface area (Å²) in [5.41, 5.74) is 2.81. The standard InChI is InChI=1S/C18H30N2O/c1-5-12-20(13-14-21)15-17-8-6-16(7-9-17)10-11-19-18(2,3)4/h5-9,19,21H,1,10-15H2,2-4H3. The zero-order valence-corrected chi connectivity index (χ0v) is 13.7. The summed E-state index contributed by atoms with van der Waals surface area (Å²) in [5, 5.41) is 12.6. The highest BCUT2D eigenvalue weighted by molar-refractivity contribution is 5.22. The van der Waals surface area contributed by atoms with Crippen molar-refractivity contribution in [1.82, 2.24) is 10.2 Å². The summed E-state index contributed by atoms with van der Waals surface area (Å²) in [6.45, 7) is 13.8. The lowest BCUT2D eigenvalue weighted by atomic mass is 10.1. The van der Waals surface area contributed by atoms with Crippen LogP contribution in [0.1, 0.15) is 31.9 Å². The summed E-state index contributed by atoms with van der Waals surface area (Å²) in [4.78, 5) is 2.18. The van der Waals surface area contributed by atoms with Crippen molar-refractivity contribution in [3.63, 3.8) is 0 Å². The third-order valence-corrected chi connectivity index (χ3v) is 3.30. The van der Waals surface area contributed by atoms with Crippen molar-refractivity contribution in [3.8, 4) is 0 Å². The predicted octanol–water partition coefficient (Wildman–Crippen LogP) is 2.60. The molecule has 2 N–H and O–H groups in total. The highest BCUT2D eigenvalue weighted by Gasteiger charge is 2.08. The molecule has 0 aromatic heterocycles. The first-order chi connectivity index (χ1) is 9.94. The monoisotopic (exact) mass is 290 g/mol. The number of hydrogen-bond acceptors (Lipinski definition) is 3. The molecular weight excluding hydrogens is 260 g/mol. The minimum absolute atomic E-state index is 0.176. The van der Waals surface area contributed by atoms with E-state index in [1.165, 1.54) is 11.1 Å². The molecule has 0 amide bonds. The largest absolute Gasteiger partial charge is 0.395 e. The maximum atomic E-state index is 9.07. The van der Waals surface area contributed by atoms with Crippen LogP contribution >= 0.6 is 0 Å². The van der Waals surface area contributed by atoms with Crippen molar-refractivity contribution < 1.29 is 5.11 Å². The van der Waals surface area contributed by atoms with Gasteiger partial charge in [0, 0.05) is 25.2 Å². The fourth-order valence-electron chi connectivity index (χ4n) is 2.21. The Morgan fingerprint density at radius 2 is 1.81 bits per heavy atom. The molecule has 0 aliphatic rings. The molecule has 0 spiro atoms. The second kappa shape index (κ2) is 8.98. The predicted molar refractivity (Wildman–Crippen MR) is 90.5 cm³/mol. The Morgan fingerprint density at radius 1 is 1.19 bits per heavy atom. The molecule has 0 aliphatic carbocycles. The van der Waals surface area contributed by atoms with Gasteiger partial charge in [-0.15, -0.1) is 6.58 Å². The zero-order chi connectivity index (χ0) is 15.7. The Balaban J connectivity index is 2.47. The molecule has 0 heterocycles. The highest BCUT2D eigenvalue weighted by atomic mass is 16.3. The Labute approximate surface area is 129 Å². The van der Waals surface area contributed by atoms with Gasteiger partial charge >= 0.3 is 0 Å². The molecule has 1 aromatic carbocycles. The van der Waals surface area contributed by atoms with Gasteiger partial charge in [0.2, 0.25) is 0 Å². The van der Waals surface area contributed by atoms with Crippen LogP contribution in [0.3, 0.4) is 0 Å². The zero-order valence-electron chi connectivity index (χ0n) is 13.7. The van der Waals surface area contributed by atoms with E-state index in [1.54, 1.807) is 0 Å². The van der Waals surface area contributed by atoms with Gasteiger partial charge < -0.3 is 10.4 Å². The molecular formula is C18H30N2O. The van der Waals surface area contributed by atoms with E-state index >= 15 is 0 Å². The second-order valence-electron chi connectivity index (χ2n) is 6.49. The first-order valence-corrected chi connectivity index (χ1v) is 7.71. The Bertz CT molecular complexity index is 406. The third kappa shape index (κ3) is 8.00. The lowest BCUT2D eigenvalue weighted by molar-refractivity contribution is 0.203. The molecule has 0 radical (unpaired) electrons. The lowest BCUT2D eigenvalue weighted by Crippen LogP contribution is -2.37. The van der Waals surface area contributed by atoms with E-state index in [-0.39, 0.29) is 12.1 Å². The summed E-state index contributed by atoms with van der Waals surface area (Å²) in [6, 6.07) is 8.76. The molecule has 0 bridgehead atoms. The Kier molecular flexibility index (Phi) is 7.65. The van der Waals surface area contributed by atoms with E-state index in [9.17, 15) is 0 Å². The maximum absolute atomic E-state index is 9.07. The molecule has 1 rings (SSSR count). The molecule has 0 atom stereocenters. The van der Waals surface area contributed by atoms with Gasteiger partial charge in [-0.3, -0.25) is 4.90 Å². The minimum atomic E-state index is 0.176. The summed E-state index contributed by atoms with van der Waals surface area (Å²) < 4.78 is 0. The average Bonchev–Trinajstić information content (AvgIpc) is 2.40. The van der Waals surface area contributed by atoms with E-state index in [0.29, 0.717) is 6.54 Å². The number of benzene rings is 1. The molecule has 0 aliphatic heterocycles. The number of rotatable bonds is 9. The molecule has 118 valence electrons. The third-order valence-electron chi connectivity index (χ3n) is 3.30. The van der Waals surface area contributed by atoms with Crippen LogP contribution in [-0.4, -0.2) is 41.8 Å². The van der Waals surface area contributed by atoms with Gasteiger partial charge in [-0.05, 0) is 44.9 Å². The topological polar surface area (TPSA) is 35.5 Å². The fourth-order valence-corrected chi connectivity index (χ4v) is 2.21. The summed E-state index contributed by atoms with van der Waals surface area (Å²) >= 11 is 0. The minimum Gasteiger partial charge on any atom is -0.395 e. The van der Waals surface area contributed by atoms with E-state index in [4.69, 9.17) is 5.11 Å². The van der Waals surface area contributed by atoms with Crippen LogP contribution in [-0.2, 0) is 13.0 Å². The molecule has 21 heavy (non-hydrogen) atoms. The molecule has 0 unspecified atom stereocenters. The van der Waals surface area contributed by atoms with Gasteiger partial charge in [-0.25, -0.2) is 0 Å². The smallest absolute Gasteiger partial charge is 0.0558 e. The number of nitrogens with zero attached hydrogens (tertiary/aromatic N) is 1. The highest BCUT2D eigenvalue weighted by Crippen LogP contribution is 2.09. The summed E-state index contributed by atoms with van der Waals surface area (Å²) in [5.74, 6) is 0. The SMILES string of the molecule is C=CCN(CCO)Cc1ccc(CCNC(C)(C)C)cc1. The van der Waals surface area contributed by atoms with Crippen LogP contribution in [0.15, 0.2) is 36.9 Å². The molecule has 0 fully saturated rings. The Morgan fingerprint density at radius 3 is 2.33 bits per heavy atom. The average molecular weight is 290 g/mol. The second-order valence-corrected chi connectivity index (χ2v) is 6.49. The van der Waals surface area contributed by atoms with Gasteiger partial charge in [-0.2, -0.15) is 0 Å². The first-order valence-electron chi connectivity index (χ1n) is 7.71. The van der Waals surface area contributed by atoms with E-state index in [2.05, 4.69) is 61.8 Å². The van der Waals surface area contributed by atoms with Gasteiger partial charge in [0.25, 0.3) is 0 Å². The van der Waals surface area contributed by atoms with Gasteiger partial charge in [0.05, 0.1) is 6.61 Å². The molecule has 0 saturated carbocycles. The number of hydrogen-bond donors (Lipinski definition) is 2. The van der Waals surface area contributed by atoms with Crippen molar-refractivity contribution >= 4 is 0 Å². The molecule has 0 saturated heterocycles. The number of nitrogens with one attached hydrogen (secondary N) is 1.